The standard InChI is InChI=1S/C16H28N2O3/c1-3-12-6-8-13(9-7-12)18(2)15(21)17-16(14(19)20)10-4-5-11-16/h12-13H,3-11H2,1-2H3,(H,17,21)(H,19,20). The molecule has 2 aliphatic rings. The van der Waals surface area contributed by atoms with Gasteiger partial charge in [0.1, 0.15) is 5.54 Å². The molecule has 0 aromatic heterocycles. The molecule has 2 aliphatic carbocycles. The molecule has 0 radical (unpaired) electrons. The summed E-state index contributed by atoms with van der Waals surface area (Å²) in [6.45, 7) is 2.22. The quantitative estimate of drug-likeness (QED) is 0.838. The first-order chi connectivity index (χ1) is 9.98. The molecule has 0 bridgehead atoms. The Hall–Kier alpha value is -1.26. The average Bonchev–Trinajstić information content (AvgIpc) is 2.96. The summed E-state index contributed by atoms with van der Waals surface area (Å²) in [5.41, 5.74) is -1.04. The zero-order valence-electron chi connectivity index (χ0n) is 13.2. The minimum atomic E-state index is -1.04. The summed E-state index contributed by atoms with van der Waals surface area (Å²) in [6.07, 6.45) is 8.45. The number of carbonyl (C=O) groups is 2. The van der Waals surface area contributed by atoms with Gasteiger partial charge in [-0.15, -0.1) is 0 Å². The molecule has 0 unspecified atom stereocenters. The monoisotopic (exact) mass is 296 g/mol. The number of hydrogen-bond donors (Lipinski definition) is 2. The van der Waals surface area contributed by atoms with Crippen molar-refractivity contribution in [2.45, 2.75) is 76.3 Å². The van der Waals surface area contributed by atoms with Crippen molar-refractivity contribution in [1.82, 2.24) is 10.2 Å². The van der Waals surface area contributed by atoms with E-state index in [1.54, 1.807) is 11.9 Å². The zero-order chi connectivity index (χ0) is 15.5. The normalized spacial score (nSPS) is 28.1. The number of nitrogens with one attached hydrogen (secondary N) is 1. The fourth-order valence-corrected chi connectivity index (χ4v) is 3.77. The Bertz CT molecular complexity index is 383. The molecule has 0 spiro atoms. The average molecular weight is 296 g/mol. The van der Waals surface area contributed by atoms with Gasteiger partial charge >= 0.3 is 12.0 Å². The van der Waals surface area contributed by atoms with Gasteiger partial charge in [0.05, 0.1) is 0 Å². The van der Waals surface area contributed by atoms with Gasteiger partial charge < -0.3 is 15.3 Å². The van der Waals surface area contributed by atoms with Crippen LogP contribution in [0, 0.1) is 5.92 Å². The summed E-state index contributed by atoms with van der Waals surface area (Å²) >= 11 is 0. The molecule has 0 aliphatic heterocycles. The van der Waals surface area contributed by atoms with E-state index in [1.165, 1.54) is 19.3 Å². The Kier molecular flexibility index (Phi) is 5.12. The van der Waals surface area contributed by atoms with Gasteiger partial charge in [-0.2, -0.15) is 0 Å². The zero-order valence-corrected chi connectivity index (χ0v) is 13.2. The van der Waals surface area contributed by atoms with Crippen molar-refractivity contribution in [3.05, 3.63) is 0 Å². The molecule has 21 heavy (non-hydrogen) atoms. The lowest BCUT2D eigenvalue weighted by atomic mass is 9.84. The largest absolute Gasteiger partial charge is 0.480 e. The number of amides is 2. The lowest BCUT2D eigenvalue weighted by molar-refractivity contribution is -0.144. The van der Waals surface area contributed by atoms with Gasteiger partial charge in [0.15, 0.2) is 0 Å². The number of nitrogens with zero attached hydrogens (tertiary/aromatic N) is 1. The van der Waals surface area contributed by atoms with Crippen molar-refractivity contribution >= 4 is 12.0 Å². The van der Waals surface area contributed by atoms with E-state index >= 15 is 0 Å². The Labute approximate surface area is 127 Å². The van der Waals surface area contributed by atoms with E-state index in [0.29, 0.717) is 12.8 Å². The van der Waals surface area contributed by atoms with Gasteiger partial charge in [0.2, 0.25) is 0 Å². The van der Waals surface area contributed by atoms with Gasteiger partial charge in [-0.1, -0.05) is 26.2 Å². The third kappa shape index (κ3) is 3.50. The number of hydrogen-bond acceptors (Lipinski definition) is 2. The minimum Gasteiger partial charge on any atom is -0.480 e. The molecule has 0 heterocycles. The maximum Gasteiger partial charge on any atom is 0.329 e. The van der Waals surface area contributed by atoms with Crippen LogP contribution in [-0.4, -0.2) is 40.6 Å². The van der Waals surface area contributed by atoms with Crippen LogP contribution < -0.4 is 5.32 Å². The molecule has 5 nitrogen and oxygen atoms in total. The Morgan fingerprint density at radius 1 is 1.19 bits per heavy atom. The number of carboxylic acid groups (broad SMARTS) is 1. The van der Waals surface area contributed by atoms with Crippen LogP contribution in [-0.2, 0) is 4.79 Å². The number of urea groups is 1. The first-order valence-electron chi connectivity index (χ1n) is 8.27. The van der Waals surface area contributed by atoms with Crippen LogP contribution in [0.5, 0.6) is 0 Å². The van der Waals surface area contributed by atoms with Gasteiger partial charge in [-0.25, -0.2) is 9.59 Å². The molecular formula is C16H28N2O3. The van der Waals surface area contributed by atoms with E-state index in [1.807, 2.05) is 0 Å². The SMILES string of the molecule is CCC1CCC(N(C)C(=O)NC2(C(=O)O)CCCC2)CC1. The molecule has 0 saturated heterocycles. The van der Waals surface area contributed by atoms with Crippen molar-refractivity contribution in [2.75, 3.05) is 7.05 Å². The number of aliphatic carboxylic acids is 1. The van der Waals surface area contributed by atoms with Crippen LogP contribution in [0.3, 0.4) is 0 Å². The third-order valence-electron chi connectivity index (χ3n) is 5.47. The predicted molar refractivity (Wildman–Crippen MR) is 81.2 cm³/mol. The molecule has 0 aromatic carbocycles. The van der Waals surface area contributed by atoms with E-state index in [9.17, 15) is 14.7 Å². The van der Waals surface area contributed by atoms with Crippen molar-refractivity contribution < 1.29 is 14.7 Å². The number of rotatable bonds is 4. The number of carboxylic acids is 1. The maximum absolute atomic E-state index is 12.4. The molecule has 2 rings (SSSR count). The molecule has 2 saturated carbocycles. The fourth-order valence-electron chi connectivity index (χ4n) is 3.77. The smallest absolute Gasteiger partial charge is 0.329 e. The van der Waals surface area contributed by atoms with Gasteiger partial charge in [-0.3, -0.25) is 0 Å². The van der Waals surface area contributed by atoms with Gasteiger partial charge in [0.25, 0.3) is 0 Å². The molecular weight excluding hydrogens is 268 g/mol. The van der Waals surface area contributed by atoms with Crippen molar-refractivity contribution in [1.29, 1.82) is 0 Å². The molecule has 0 aromatic rings. The highest BCUT2D eigenvalue weighted by atomic mass is 16.4. The van der Waals surface area contributed by atoms with Crippen LogP contribution >= 0.6 is 0 Å². The Balaban J connectivity index is 1.92. The highest BCUT2D eigenvalue weighted by Gasteiger charge is 2.43. The van der Waals surface area contributed by atoms with E-state index in [0.717, 1.165) is 31.6 Å². The molecule has 5 heteroatoms. The summed E-state index contributed by atoms with van der Waals surface area (Å²) < 4.78 is 0. The minimum absolute atomic E-state index is 0.223. The molecule has 2 N–H and O–H groups in total. The second-order valence-corrected chi connectivity index (χ2v) is 6.72. The summed E-state index contributed by atoms with van der Waals surface area (Å²) in [6, 6.07) is 0.0271. The Morgan fingerprint density at radius 2 is 1.76 bits per heavy atom. The van der Waals surface area contributed by atoms with E-state index in [4.69, 9.17) is 0 Å². The molecule has 2 amide bonds. The second-order valence-electron chi connectivity index (χ2n) is 6.72. The predicted octanol–water partition coefficient (Wildman–Crippen LogP) is 2.99. The fraction of sp³-hybridized carbons (Fsp3) is 0.875. The maximum atomic E-state index is 12.4. The van der Waals surface area contributed by atoms with E-state index < -0.39 is 11.5 Å². The van der Waals surface area contributed by atoms with Crippen LogP contribution in [0.2, 0.25) is 0 Å². The van der Waals surface area contributed by atoms with Crippen molar-refractivity contribution in [3.63, 3.8) is 0 Å². The lowest BCUT2D eigenvalue weighted by Crippen LogP contribution is -2.57. The second kappa shape index (κ2) is 6.67. The van der Waals surface area contributed by atoms with Crippen LogP contribution in [0.4, 0.5) is 4.79 Å². The first-order valence-corrected chi connectivity index (χ1v) is 8.27. The molecule has 2 fully saturated rings. The topological polar surface area (TPSA) is 69.6 Å². The van der Waals surface area contributed by atoms with Crippen molar-refractivity contribution in [3.8, 4) is 0 Å². The van der Waals surface area contributed by atoms with Crippen molar-refractivity contribution in [2.24, 2.45) is 5.92 Å². The van der Waals surface area contributed by atoms with Crippen LogP contribution in [0.1, 0.15) is 64.7 Å². The van der Waals surface area contributed by atoms with Gasteiger partial charge in [-0.05, 0) is 44.4 Å². The molecule has 0 atom stereocenters. The van der Waals surface area contributed by atoms with Gasteiger partial charge in [0, 0.05) is 13.1 Å². The summed E-state index contributed by atoms with van der Waals surface area (Å²) in [5.74, 6) is -0.102. The number of carbonyl (C=O) groups excluding carboxylic acids is 1. The van der Waals surface area contributed by atoms with E-state index in [2.05, 4.69) is 12.2 Å². The highest BCUT2D eigenvalue weighted by Crippen LogP contribution is 2.32. The van der Waals surface area contributed by atoms with Crippen LogP contribution in [0.25, 0.3) is 0 Å². The third-order valence-corrected chi connectivity index (χ3v) is 5.47. The van der Waals surface area contributed by atoms with E-state index in [-0.39, 0.29) is 12.1 Å². The molecule has 120 valence electrons. The lowest BCUT2D eigenvalue weighted by Gasteiger charge is -2.36. The highest BCUT2D eigenvalue weighted by molar-refractivity contribution is 5.86. The van der Waals surface area contributed by atoms with Crippen LogP contribution in [0.15, 0.2) is 0 Å². The summed E-state index contributed by atoms with van der Waals surface area (Å²) in [7, 11) is 1.80. The summed E-state index contributed by atoms with van der Waals surface area (Å²) in [5, 5.41) is 12.2. The summed E-state index contributed by atoms with van der Waals surface area (Å²) in [4.78, 5) is 25.6. The Morgan fingerprint density at radius 3 is 2.24 bits per heavy atom. The first kappa shape index (κ1) is 16.1.